The molecule has 0 saturated carbocycles. The van der Waals surface area contributed by atoms with Gasteiger partial charge in [0.25, 0.3) is 0 Å². The molecule has 1 atom stereocenters. The van der Waals surface area contributed by atoms with Crippen LogP contribution in [0.25, 0.3) is 0 Å². The van der Waals surface area contributed by atoms with E-state index in [9.17, 15) is 19.5 Å². The van der Waals surface area contributed by atoms with Gasteiger partial charge in [-0.1, -0.05) is 66.2 Å². The minimum absolute atomic E-state index is 0.0496. The number of benzene rings is 2. The van der Waals surface area contributed by atoms with Crippen molar-refractivity contribution in [1.29, 1.82) is 0 Å². The van der Waals surface area contributed by atoms with Crippen LogP contribution in [0, 0.1) is 6.92 Å². The molecule has 0 radical (unpaired) electrons. The molecule has 1 heterocycles. The fourth-order valence-electron chi connectivity index (χ4n) is 5.14. The molecule has 3 rings (SSSR count). The topological polar surface area (TPSA) is 90.4 Å². The molecule has 0 bridgehead atoms. The Morgan fingerprint density at radius 3 is 2.33 bits per heavy atom. The molecular weight excluding hydrogens is 494 g/mol. The highest BCUT2D eigenvalue weighted by Gasteiger charge is 2.38. The Balaban J connectivity index is 1.59. The average molecular weight is 536 g/mol. The second-order valence-electron chi connectivity index (χ2n) is 10.6. The summed E-state index contributed by atoms with van der Waals surface area (Å²) in [7, 11) is 1.54. The lowest BCUT2D eigenvalue weighted by molar-refractivity contribution is -0.146. The summed E-state index contributed by atoms with van der Waals surface area (Å²) in [5, 5.41) is 9.21. The van der Waals surface area contributed by atoms with Crippen LogP contribution in [0.1, 0.15) is 42.9 Å². The Kier molecular flexibility index (Phi) is 10.7. The van der Waals surface area contributed by atoms with Gasteiger partial charge < -0.3 is 24.5 Å². The fraction of sp³-hybridized carbons (Fsp3) is 0.452. The number of carbonyl (C=O) groups is 3. The molecular formula is C31H41N3O5. The quantitative estimate of drug-likeness (QED) is 0.403. The number of nitrogens with zero attached hydrogens (tertiary/aromatic N) is 3. The van der Waals surface area contributed by atoms with Gasteiger partial charge in [-0.25, -0.2) is 4.79 Å². The highest BCUT2D eigenvalue weighted by molar-refractivity contribution is 5.90. The molecule has 1 saturated heterocycles. The summed E-state index contributed by atoms with van der Waals surface area (Å²) in [5.74, 6) is -1.25. The maximum absolute atomic E-state index is 13.4. The zero-order valence-corrected chi connectivity index (χ0v) is 23.3. The molecule has 2 aromatic rings. The highest BCUT2D eigenvalue weighted by atomic mass is 16.6. The summed E-state index contributed by atoms with van der Waals surface area (Å²) in [5.41, 5.74) is 2.13. The van der Waals surface area contributed by atoms with Gasteiger partial charge >= 0.3 is 12.1 Å². The molecule has 1 aliphatic rings. The first-order valence-corrected chi connectivity index (χ1v) is 13.5. The first-order chi connectivity index (χ1) is 18.6. The van der Waals surface area contributed by atoms with Crippen LogP contribution < -0.4 is 0 Å². The van der Waals surface area contributed by atoms with E-state index in [1.807, 2.05) is 68.4 Å². The summed E-state index contributed by atoms with van der Waals surface area (Å²) >= 11 is 0. The van der Waals surface area contributed by atoms with Crippen molar-refractivity contribution < 1.29 is 24.2 Å². The van der Waals surface area contributed by atoms with Crippen LogP contribution in [0.4, 0.5) is 4.79 Å². The van der Waals surface area contributed by atoms with Crippen molar-refractivity contribution in [2.75, 3.05) is 39.8 Å². The number of likely N-dealkylation sites (N-methyl/N-ethyl adjacent to an activating group) is 1. The third-order valence-corrected chi connectivity index (χ3v) is 7.57. The summed E-state index contributed by atoms with van der Waals surface area (Å²) in [6.07, 6.45) is 3.53. The van der Waals surface area contributed by atoms with E-state index in [0.717, 1.165) is 42.6 Å². The molecule has 0 aliphatic carbocycles. The minimum Gasteiger partial charge on any atom is -0.480 e. The lowest BCUT2D eigenvalue weighted by Crippen LogP contribution is -2.50. The number of piperidine rings is 1. The highest BCUT2D eigenvalue weighted by Crippen LogP contribution is 2.31. The van der Waals surface area contributed by atoms with Gasteiger partial charge in [-0.05, 0) is 50.8 Å². The summed E-state index contributed by atoms with van der Waals surface area (Å²) in [4.78, 5) is 43.0. The van der Waals surface area contributed by atoms with Gasteiger partial charge in [0.1, 0.15) is 13.2 Å². The van der Waals surface area contributed by atoms with E-state index in [-0.39, 0.29) is 31.2 Å². The van der Waals surface area contributed by atoms with E-state index >= 15 is 0 Å². The molecule has 2 amide bonds. The molecule has 0 aromatic heterocycles. The smallest absolute Gasteiger partial charge is 0.410 e. The largest absolute Gasteiger partial charge is 0.480 e. The molecule has 1 N–H and O–H groups in total. The fourth-order valence-corrected chi connectivity index (χ4v) is 5.14. The molecule has 1 unspecified atom stereocenters. The maximum Gasteiger partial charge on any atom is 0.410 e. The van der Waals surface area contributed by atoms with Crippen molar-refractivity contribution in [2.45, 2.75) is 51.2 Å². The standard InChI is InChI=1S/C31H41N3O5/c1-5-18-34(30(38)39-23-25-13-11-24(2)12-14-25)27-15-19-33(20-16-27)21-17-31(3,26-9-7-6-8-10-26)29(37)32(4)22-28(35)36/h5-14,27H,1,15-23H2,2-4H3,(H,35,36). The first-order valence-electron chi connectivity index (χ1n) is 13.5. The maximum atomic E-state index is 13.4. The van der Waals surface area contributed by atoms with Crippen molar-refractivity contribution in [3.63, 3.8) is 0 Å². The number of aryl methyl sites for hydroxylation is 1. The van der Waals surface area contributed by atoms with Crippen LogP contribution in [-0.2, 0) is 26.3 Å². The molecule has 1 aliphatic heterocycles. The Morgan fingerprint density at radius 1 is 1.10 bits per heavy atom. The normalized spacial score (nSPS) is 15.7. The number of carboxylic acids is 1. The predicted octanol–water partition coefficient (Wildman–Crippen LogP) is 4.48. The van der Waals surface area contributed by atoms with Crippen LogP contribution in [0.3, 0.4) is 0 Å². The lowest BCUT2D eigenvalue weighted by Gasteiger charge is -2.39. The van der Waals surface area contributed by atoms with E-state index in [0.29, 0.717) is 19.5 Å². The molecule has 2 aromatic carbocycles. The number of carbonyl (C=O) groups excluding carboxylic acids is 2. The summed E-state index contributed by atoms with van der Waals surface area (Å²) in [6.45, 7) is 10.3. The Bertz CT molecular complexity index is 1110. The first kappa shape index (κ1) is 29.9. The van der Waals surface area contributed by atoms with Crippen molar-refractivity contribution in [1.82, 2.24) is 14.7 Å². The second kappa shape index (κ2) is 13.9. The van der Waals surface area contributed by atoms with E-state index in [1.54, 1.807) is 11.0 Å². The third-order valence-electron chi connectivity index (χ3n) is 7.57. The van der Waals surface area contributed by atoms with Gasteiger partial charge in [0.15, 0.2) is 0 Å². The Labute approximate surface area is 231 Å². The lowest BCUT2D eigenvalue weighted by atomic mass is 9.77. The predicted molar refractivity (Wildman–Crippen MR) is 151 cm³/mol. The van der Waals surface area contributed by atoms with E-state index in [1.165, 1.54) is 11.9 Å². The van der Waals surface area contributed by atoms with Crippen LogP contribution in [0.5, 0.6) is 0 Å². The van der Waals surface area contributed by atoms with Crippen molar-refractivity contribution in [3.8, 4) is 0 Å². The molecule has 1 fully saturated rings. The third kappa shape index (κ3) is 8.17. The SMILES string of the molecule is C=CCN(C(=O)OCc1ccc(C)cc1)C1CCN(CCC(C)(C(=O)N(C)CC(=O)O)c2ccccc2)CC1. The Hall–Kier alpha value is -3.65. The van der Waals surface area contributed by atoms with Crippen LogP contribution in [0.15, 0.2) is 67.3 Å². The summed E-state index contributed by atoms with van der Waals surface area (Å²) < 4.78 is 5.62. The number of amides is 2. The van der Waals surface area contributed by atoms with Gasteiger partial charge in [0, 0.05) is 32.7 Å². The molecule has 8 nitrogen and oxygen atoms in total. The number of hydrogen-bond acceptors (Lipinski definition) is 5. The summed E-state index contributed by atoms with van der Waals surface area (Å²) in [6, 6.07) is 17.5. The molecule has 0 spiro atoms. The Morgan fingerprint density at radius 2 is 1.74 bits per heavy atom. The van der Waals surface area contributed by atoms with Crippen molar-refractivity contribution in [2.24, 2.45) is 0 Å². The van der Waals surface area contributed by atoms with Gasteiger partial charge in [0.05, 0.1) is 5.41 Å². The minimum atomic E-state index is -1.04. The van der Waals surface area contributed by atoms with E-state index < -0.39 is 11.4 Å². The number of carboxylic acid groups (broad SMARTS) is 1. The molecule has 8 heteroatoms. The number of likely N-dealkylation sites (tertiary alicyclic amines) is 1. The number of rotatable bonds is 12. The van der Waals surface area contributed by atoms with Gasteiger partial charge in [0.2, 0.25) is 5.91 Å². The number of ether oxygens (including phenoxy) is 1. The monoisotopic (exact) mass is 535 g/mol. The van der Waals surface area contributed by atoms with E-state index in [4.69, 9.17) is 4.74 Å². The van der Waals surface area contributed by atoms with Gasteiger partial charge in [-0.15, -0.1) is 6.58 Å². The zero-order chi connectivity index (χ0) is 28.4. The zero-order valence-electron chi connectivity index (χ0n) is 23.3. The van der Waals surface area contributed by atoms with Gasteiger partial charge in [-0.2, -0.15) is 0 Å². The molecule has 39 heavy (non-hydrogen) atoms. The van der Waals surface area contributed by atoms with E-state index in [2.05, 4.69) is 11.5 Å². The van der Waals surface area contributed by atoms with Crippen molar-refractivity contribution in [3.05, 3.63) is 83.9 Å². The number of aliphatic carboxylic acids is 1. The van der Waals surface area contributed by atoms with Crippen molar-refractivity contribution >= 4 is 18.0 Å². The second-order valence-corrected chi connectivity index (χ2v) is 10.6. The molecule has 210 valence electrons. The average Bonchev–Trinajstić information content (AvgIpc) is 2.94. The van der Waals surface area contributed by atoms with Crippen LogP contribution in [-0.4, -0.2) is 83.6 Å². The van der Waals surface area contributed by atoms with Crippen LogP contribution in [0.2, 0.25) is 0 Å². The van der Waals surface area contributed by atoms with Crippen LogP contribution >= 0.6 is 0 Å². The van der Waals surface area contributed by atoms with Gasteiger partial charge in [-0.3, -0.25) is 9.59 Å². The number of hydrogen-bond donors (Lipinski definition) is 1.